The molecule has 2 aliphatic rings. The van der Waals surface area contributed by atoms with Gasteiger partial charge in [-0.2, -0.15) is 0 Å². The molecule has 0 radical (unpaired) electrons. The lowest BCUT2D eigenvalue weighted by molar-refractivity contribution is -0.160. The molecule has 40 heavy (non-hydrogen) atoms. The molecule has 0 aliphatic heterocycles. The summed E-state index contributed by atoms with van der Waals surface area (Å²) < 4.78 is 10.8. The number of ether oxygens (including phenoxy) is 2. The van der Waals surface area contributed by atoms with Crippen molar-refractivity contribution in [1.82, 2.24) is 5.32 Å². The summed E-state index contributed by atoms with van der Waals surface area (Å²) in [6, 6.07) is 0. The summed E-state index contributed by atoms with van der Waals surface area (Å²) >= 11 is 0. The molecule has 0 aromatic carbocycles. The van der Waals surface area contributed by atoms with Crippen LogP contribution >= 0.6 is 0 Å². The van der Waals surface area contributed by atoms with Gasteiger partial charge < -0.3 is 25.0 Å². The Hall–Kier alpha value is -3.20. The number of aliphatic imine (C=N–C) groups is 1. The van der Waals surface area contributed by atoms with Crippen molar-refractivity contribution in [2.75, 3.05) is 13.7 Å². The van der Waals surface area contributed by atoms with Crippen LogP contribution in [0.2, 0.25) is 0 Å². The van der Waals surface area contributed by atoms with Crippen LogP contribution in [0.3, 0.4) is 0 Å². The van der Waals surface area contributed by atoms with Gasteiger partial charge in [0.2, 0.25) is 5.91 Å². The number of methoxy groups -OCH3 is 1. The van der Waals surface area contributed by atoms with Crippen molar-refractivity contribution >= 4 is 24.1 Å². The van der Waals surface area contributed by atoms with Gasteiger partial charge in [-0.15, -0.1) is 0 Å². The molecule has 0 heterocycles. The molecule has 1 unspecified atom stereocenters. The van der Waals surface area contributed by atoms with Crippen LogP contribution < -0.4 is 5.32 Å². The molecule has 0 bridgehead atoms. The highest BCUT2D eigenvalue weighted by atomic mass is 16.5. The average molecular weight is 559 g/mol. The number of hydrogen-bond acceptors (Lipinski definition) is 7. The number of carboxylic acids is 1. The monoisotopic (exact) mass is 558 g/mol. The normalized spacial score (nSPS) is 19.2. The first kappa shape index (κ1) is 33.0. The molecule has 0 saturated heterocycles. The first-order valence-corrected chi connectivity index (χ1v) is 14.3. The third-order valence-electron chi connectivity index (χ3n) is 7.82. The SMILES string of the molecule is CCC(CC)OC(=O)C(C)(CC=N/C=C(\O)C1=CCC=CC=C1)NC(=O)C1(C[C@@H](CCOC)C(=O)O)CCCC1. The molecule has 1 fully saturated rings. The zero-order valence-corrected chi connectivity index (χ0v) is 24.4. The second kappa shape index (κ2) is 16.2. The van der Waals surface area contributed by atoms with Crippen LogP contribution in [0.15, 0.2) is 52.9 Å². The Labute approximate surface area is 238 Å². The van der Waals surface area contributed by atoms with Crippen molar-refractivity contribution in [2.45, 2.75) is 96.6 Å². The molecule has 0 aromatic heterocycles. The number of hydrogen-bond donors (Lipinski definition) is 3. The van der Waals surface area contributed by atoms with E-state index in [1.54, 1.807) is 13.0 Å². The van der Waals surface area contributed by atoms with Crippen LogP contribution in [0.25, 0.3) is 0 Å². The quantitative estimate of drug-likeness (QED) is 0.128. The van der Waals surface area contributed by atoms with Crippen LogP contribution in [-0.4, -0.2) is 59.6 Å². The molecular weight excluding hydrogens is 512 g/mol. The van der Waals surface area contributed by atoms with Crippen molar-refractivity contribution in [3.8, 4) is 0 Å². The number of carbonyl (C=O) groups is 3. The van der Waals surface area contributed by atoms with Gasteiger partial charge in [0.05, 0.1) is 17.5 Å². The van der Waals surface area contributed by atoms with E-state index < -0.39 is 28.8 Å². The molecule has 3 N–H and O–H groups in total. The van der Waals surface area contributed by atoms with Gasteiger partial charge in [-0.3, -0.25) is 14.6 Å². The number of aliphatic carboxylic acids is 1. The summed E-state index contributed by atoms with van der Waals surface area (Å²) in [5.74, 6) is -2.62. The molecule has 9 heteroatoms. The van der Waals surface area contributed by atoms with E-state index >= 15 is 0 Å². The fourth-order valence-corrected chi connectivity index (χ4v) is 5.13. The maximum absolute atomic E-state index is 13.9. The predicted molar refractivity (Wildman–Crippen MR) is 155 cm³/mol. The summed E-state index contributed by atoms with van der Waals surface area (Å²) in [5.41, 5.74) is -1.69. The Bertz CT molecular complexity index is 1020. The Morgan fingerprint density at radius 1 is 1.18 bits per heavy atom. The van der Waals surface area contributed by atoms with E-state index in [0.717, 1.165) is 12.8 Å². The lowest BCUT2D eigenvalue weighted by Crippen LogP contribution is -2.57. The number of nitrogens with one attached hydrogen (secondary N) is 1. The van der Waals surface area contributed by atoms with Crippen LogP contribution in [0.1, 0.15) is 85.0 Å². The van der Waals surface area contributed by atoms with E-state index in [4.69, 9.17) is 9.47 Å². The highest BCUT2D eigenvalue weighted by molar-refractivity contribution is 5.93. The lowest BCUT2D eigenvalue weighted by atomic mass is 9.75. The predicted octanol–water partition coefficient (Wildman–Crippen LogP) is 5.58. The molecule has 1 amide bonds. The Morgan fingerprint density at radius 3 is 2.50 bits per heavy atom. The number of aliphatic hydroxyl groups is 1. The number of amides is 1. The summed E-state index contributed by atoms with van der Waals surface area (Å²) in [5, 5.41) is 23.2. The summed E-state index contributed by atoms with van der Waals surface area (Å²) in [4.78, 5) is 43.5. The summed E-state index contributed by atoms with van der Waals surface area (Å²) in [7, 11) is 1.52. The van der Waals surface area contributed by atoms with Gasteiger partial charge in [0.15, 0.2) is 0 Å². The van der Waals surface area contributed by atoms with Gasteiger partial charge >= 0.3 is 11.9 Å². The maximum Gasteiger partial charge on any atom is 0.332 e. The smallest absolute Gasteiger partial charge is 0.332 e. The van der Waals surface area contributed by atoms with E-state index in [1.165, 1.54) is 19.5 Å². The minimum absolute atomic E-state index is 0.0118. The van der Waals surface area contributed by atoms with Crippen LogP contribution in [-0.2, 0) is 23.9 Å². The van der Waals surface area contributed by atoms with Crippen molar-refractivity contribution < 1.29 is 34.1 Å². The van der Waals surface area contributed by atoms with Crippen molar-refractivity contribution in [1.29, 1.82) is 0 Å². The number of nitrogens with zero attached hydrogens (tertiary/aromatic N) is 1. The standard InChI is InChI=1S/C31H46N2O7/c1-5-25(6-2)40-29(38)30(3,18-19-32-22-26(34)23-13-9-7-8-10-14-23)33-28(37)31(16-11-12-17-31)21-24(27(35)36)15-20-39-4/h7-9,13-14,19,22,24-25,34H,5-6,10-12,15-18,20-21H2,1-4H3,(H,33,37)(H,35,36)/b26-22-,32-19?/t24-,30?/m1/s1. The van der Waals surface area contributed by atoms with E-state index in [0.29, 0.717) is 44.1 Å². The van der Waals surface area contributed by atoms with Crippen LogP contribution in [0.5, 0.6) is 0 Å². The van der Waals surface area contributed by atoms with E-state index in [1.807, 2.05) is 38.2 Å². The van der Waals surface area contributed by atoms with Gasteiger partial charge in [0.25, 0.3) is 0 Å². The van der Waals surface area contributed by atoms with Crippen molar-refractivity contribution in [2.24, 2.45) is 16.3 Å². The first-order chi connectivity index (χ1) is 19.1. The molecule has 222 valence electrons. The third kappa shape index (κ3) is 9.47. The topological polar surface area (TPSA) is 135 Å². The number of esters is 1. The van der Waals surface area contributed by atoms with Crippen LogP contribution in [0, 0.1) is 11.3 Å². The van der Waals surface area contributed by atoms with Gasteiger partial charge in [-0.25, -0.2) is 4.79 Å². The lowest BCUT2D eigenvalue weighted by Gasteiger charge is -2.36. The highest BCUT2D eigenvalue weighted by Gasteiger charge is 2.47. The zero-order chi connectivity index (χ0) is 29.6. The van der Waals surface area contributed by atoms with Gasteiger partial charge in [0.1, 0.15) is 17.4 Å². The molecule has 0 aromatic rings. The van der Waals surface area contributed by atoms with Crippen molar-refractivity contribution in [3.63, 3.8) is 0 Å². The molecule has 0 spiro atoms. The van der Waals surface area contributed by atoms with Gasteiger partial charge in [0, 0.05) is 31.9 Å². The van der Waals surface area contributed by atoms with Gasteiger partial charge in [-0.1, -0.05) is 57.1 Å². The molecule has 1 saturated carbocycles. The Kier molecular flexibility index (Phi) is 13.3. The van der Waals surface area contributed by atoms with Gasteiger partial charge in [-0.05, 0) is 51.9 Å². The minimum atomic E-state index is -1.43. The number of allylic oxidation sites excluding steroid dienone is 5. The zero-order valence-electron chi connectivity index (χ0n) is 24.4. The second-order valence-electron chi connectivity index (χ2n) is 10.9. The maximum atomic E-state index is 13.9. The van der Waals surface area contributed by atoms with E-state index in [9.17, 15) is 24.6 Å². The third-order valence-corrected chi connectivity index (χ3v) is 7.82. The summed E-state index contributed by atoms with van der Waals surface area (Å²) in [6.07, 6.45) is 17.0. The van der Waals surface area contributed by atoms with E-state index in [2.05, 4.69) is 10.3 Å². The number of rotatable bonds is 16. The Balaban J connectivity index is 2.28. The molecular formula is C31H46N2O7. The first-order valence-electron chi connectivity index (χ1n) is 14.3. The average Bonchev–Trinajstić information content (AvgIpc) is 3.25. The van der Waals surface area contributed by atoms with E-state index in [-0.39, 0.29) is 37.2 Å². The summed E-state index contributed by atoms with van der Waals surface area (Å²) in [6.45, 7) is 5.75. The van der Waals surface area contributed by atoms with Crippen LogP contribution in [0.4, 0.5) is 0 Å². The Morgan fingerprint density at radius 2 is 1.88 bits per heavy atom. The molecule has 2 atom stereocenters. The number of aliphatic hydroxyl groups excluding tert-OH is 1. The molecule has 2 aliphatic carbocycles. The number of carboxylic acid groups (broad SMARTS) is 1. The largest absolute Gasteiger partial charge is 0.506 e. The van der Waals surface area contributed by atoms with Crippen molar-refractivity contribution in [3.05, 3.63) is 47.9 Å². The fraction of sp³-hybridized carbons (Fsp3) is 0.613. The minimum Gasteiger partial charge on any atom is -0.506 e. The fourth-order valence-electron chi connectivity index (χ4n) is 5.13. The number of carbonyl (C=O) groups excluding carboxylic acids is 2. The molecule has 2 rings (SSSR count). The highest BCUT2D eigenvalue weighted by Crippen LogP contribution is 2.44. The second-order valence-corrected chi connectivity index (χ2v) is 10.9. The molecule has 9 nitrogen and oxygen atoms in total.